The maximum Gasteiger partial charge on any atom is 0.252 e. The van der Waals surface area contributed by atoms with E-state index >= 15 is 0 Å². The van der Waals surface area contributed by atoms with E-state index in [1.807, 2.05) is 13.0 Å². The van der Waals surface area contributed by atoms with E-state index in [1.54, 1.807) is 37.1 Å². The molecule has 1 saturated heterocycles. The van der Waals surface area contributed by atoms with Crippen LogP contribution in [0, 0.1) is 5.82 Å². The van der Waals surface area contributed by atoms with Gasteiger partial charge in [0.25, 0.3) is 5.56 Å². The number of aromatic nitrogens is 3. The van der Waals surface area contributed by atoms with Gasteiger partial charge in [-0.05, 0) is 51.0 Å². The number of aryl methyl sites for hydroxylation is 1. The number of methoxy groups -OCH3 is 1. The SMILES string of the molecule is COC(C)c1cc(F)ccc1C(C)N1C[C@H](C)N(c2cc(=O)n(C)c3c[nH]nc23)C[C@H]1C. The lowest BCUT2D eigenvalue weighted by molar-refractivity contribution is 0.104. The van der Waals surface area contributed by atoms with Crippen molar-refractivity contribution < 1.29 is 9.13 Å². The first-order chi connectivity index (χ1) is 15.2. The van der Waals surface area contributed by atoms with Crippen LogP contribution in [-0.4, -0.2) is 51.9 Å². The highest BCUT2D eigenvalue weighted by molar-refractivity contribution is 5.88. The van der Waals surface area contributed by atoms with Gasteiger partial charge in [0, 0.05) is 57.6 Å². The van der Waals surface area contributed by atoms with Gasteiger partial charge in [0.15, 0.2) is 0 Å². The smallest absolute Gasteiger partial charge is 0.252 e. The fourth-order valence-corrected chi connectivity index (χ4v) is 4.96. The summed E-state index contributed by atoms with van der Waals surface area (Å²) in [5, 5.41) is 7.31. The zero-order chi connectivity index (χ0) is 23.2. The highest BCUT2D eigenvalue weighted by atomic mass is 19.1. The second kappa shape index (κ2) is 8.67. The van der Waals surface area contributed by atoms with Gasteiger partial charge in [0.2, 0.25) is 0 Å². The molecule has 4 rings (SSSR count). The second-order valence-electron chi connectivity index (χ2n) is 8.92. The van der Waals surface area contributed by atoms with Crippen molar-refractivity contribution in [3.63, 3.8) is 0 Å². The first-order valence-electron chi connectivity index (χ1n) is 11.1. The molecule has 4 atom stereocenters. The minimum absolute atomic E-state index is 0.0472. The Kier molecular flexibility index (Phi) is 6.09. The molecule has 0 amide bonds. The van der Waals surface area contributed by atoms with Crippen LogP contribution in [0.15, 0.2) is 35.3 Å². The lowest BCUT2D eigenvalue weighted by Crippen LogP contribution is -2.57. The molecule has 0 spiro atoms. The molecule has 3 aromatic rings. The molecule has 8 heteroatoms. The Morgan fingerprint density at radius 2 is 1.91 bits per heavy atom. The Labute approximate surface area is 187 Å². The number of hydrogen-bond donors (Lipinski definition) is 1. The number of piperazine rings is 1. The standard InChI is InChI=1S/C24H32FN5O2/c1-14-13-30(21-10-23(31)28(5)22-11-26-27-24(21)22)15(2)12-29(14)16(3)19-8-7-18(25)9-20(19)17(4)32-6/h7-11,14-17H,12-13H2,1-6H3,(H,26,27)/t14-,15+,16?,17?/m1/s1. The summed E-state index contributed by atoms with van der Waals surface area (Å²) in [4.78, 5) is 17.3. The normalized spacial score (nSPS) is 21.8. The molecule has 0 radical (unpaired) electrons. The Balaban J connectivity index is 1.64. The number of fused-ring (bicyclic) bond motifs is 1. The number of nitrogens with one attached hydrogen (secondary N) is 1. The quantitative estimate of drug-likeness (QED) is 0.653. The van der Waals surface area contributed by atoms with Crippen LogP contribution < -0.4 is 10.5 Å². The highest BCUT2D eigenvalue weighted by Crippen LogP contribution is 2.35. The van der Waals surface area contributed by atoms with Crippen molar-refractivity contribution in [1.82, 2.24) is 19.7 Å². The summed E-state index contributed by atoms with van der Waals surface area (Å²) in [6.07, 6.45) is 1.57. The van der Waals surface area contributed by atoms with Crippen molar-refractivity contribution in [2.45, 2.75) is 51.9 Å². The van der Waals surface area contributed by atoms with E-state index < -0.39 is 0 Å². The minimum atomic E-state index is -0.250. The van der Waals surface area contributed by atoms with E-state index in [0.29, 0.717) is 0 Å². The van der Waals surface area contributed by atoms with Crippen LogP contribution in [0.3, 0.4) is 0 Å². The molecule has 3 heterocycles. The molecule has 0 bridgehead atoms. The van der Waals surface area contributed by atoms with Crippen LogP contribution in [0.1, 0.15) is 51.0 Å². The third-order valence-electron chi connectivity index (χ3n) is 6.95. The third kappa shape index (κ3) is 3.82. The molecule has 0 saturated carbocycles. The first kappa shape index (κ1) is 22.5. The number of aromatic amines is 1. The maximum atomic E-state index is 14.0. The van der Waals surface area contributed by atoms with Crippen LogP contribution in [0.2, 0.25) is 0 Å². The van der Waals surface area contributed by atoms with E-state index in [1.165, 1.54) is 6.07 Å². The molecule has 1 N–H and O–H groups in total. The lowest BCUT2D eigenvalue weighted by atomic mass is 9.94. The Hall–Kier alpha value is -2.71. The minimum Gasteiger partial charge on any atom is -0.377 e. The van der Waals surface area contributed by atoms with Gasteiger partial charge < -0.3 is 14.2 Å². The van der Waals surface area contributed by atoms with Crippen molar-refractivity contribution in [2.75, 3.05) is 25.1 Å². The van der Waals surface area contributed by atoms with Crippen LogP contribution in [-0.2, 0) is 11.8 Å². The summed E-state index contributed by atoms with van der Waals surface area (Å²) >= 11 is 0. The predicted molar refractivity (Wildman–Crippen MR) is 125 cm³/mol. The molecule has 0 aliphatic carbocycles. The highest BCUT2D eigenvalue weighted by Gasteiger charge is 2.34. The number of pyridine rings is 1. The fraction of sp³-hybridized carbons (Fsp3) is 0.500. The number of halogens is 1. The number of hydrogen-bond acceptors (Lipinski definition) is 5. The van der Waals surface area contributed by atoms with E-state index in [0.717, 1.165) is 40.9 Å². The average Bonchev–Trinajstić information content (AvgIpc) is 3.27. The molecule has 1 aliphatic heterocycles. The van der Waals surface area contributed by atoms with Crippen LogP contribution >= 0.6 is 0 Å². The number of anilines is 1. The monoisotopic (exact) mass is 441 g/mol. The van der Waals surface area contributed by atoms with E-state index in [9.17, 15) is 9.18 Å². The molecule has 1 fully saturated rings. The van der Waals surface area contributed by atoms with E-state index in [-0.39, 0.29) is 35.6 Å². The van der Waals surface area contributed by atoms with Gasteiger partial charge >= 0.3 is 0 Å². The molecular formula is C24H32FN5O2. The summed E-state index contributed by atoms with van der Waals surface area (Å²) in [5.74, 6) is -0.250. The molecule has 7 nitrogen and oxygen atoms in total. The van der Waals surface area contributed by atoms with Crippen LogP contribution in [0.4, 0.5) is 10.1 Å². The number of nitrogens with zero attached hydrogens (tertiary/aromatic N) is 4. The van der Waals surface area contributed by atoms with Gasteiger partial charge in [-0.2, -0.15) is 5.10 Å². The summed E-state index contributed by atoms with van der Waals surface area (Å²) in [7, 11) is 3.41. The maximum absolute atomic E-state index is 14.0. The van der Waals surface area contributed by atoms with Crippen LogP contribution in [0.5, 0.6) is 0 Å². The van der Waals surface area contributed by atoms with Crippen molar-refractivity contribution in [3.8, 4) is 0 Å². The fourth-order valence-electron chi connectivity index (χ4n) is 4.96. The Bertz CT molecular complexity index is 1170. The molecule has 32 heavy (non-hydrogen) atoms. The number of H-pyrrole nitrogens is 1. The number of benzene rings is 1. The van der Waals surface area contributed by atoms with Gasteiger partial charge in [-0.15, -0.1) is 0 Å². The molecular weight excluding hydrogens is 409 g/mol. The molecule has 1 aromatic carbocycles. The second-order valence-corrected chi connectivity index (χ2v) is 8.92. The topological polar surface area (TPSA) is 66.4 Å². The number of ether oxygens (including phenoxy) is 1. The van der Waals surface area contributed by atoms with Gasteiger partial charge in [-0.3, -0.25) is 14.8 Å². The van der Waals surface area contributed by atoms with Crippen molar-refractivity contribution >= 4 is 16.7 Å². The van der Waals surface area contributed by atoms with Gasteiger partial charge in [-0.1, -0.05) is 6.07 Å². The number of rotatable bonds is 5. The summed E-state index contributed by atoms with van der Waals surface area (Å²) in [6, 6.07) is 7.15. The zero-order valence-electron chi connectivity index (χ0n) is 19.6. The summed E-state index contributed by atoms with van der Waals surface area (Å²) in [6.45, 7) is 10.0. The first-order valence-corrected chi connectivity index (χ1v) is 11.1. The average molecular weight is 442 g/mol. The van der Waals surface area contributed by atoms with Crippen LogP contribution in [0.25, 0.3) is 11.0 Å². The van der Waals surface area contributed by atoms with E-state index in [4.69, 9.17) is 4.74 Å². The zero-order valence-corrected chi connectivity index (χ0v) is 19.6. The lowest BCUT2D eigenvalue weighted by Gasteiger charge is -2.48. The molecule has 172 valence electrons. The Morgan fingerprint density at radius 1 is 1.16 bits per heavy atom. The van der Waals surface area contributed by atoms with Crippen molar-refractivity contribution in [3.05, 3.63) is 57.8 Å². The van der Waals surface area contributed by atoms with Gasteiger partial charge in [0.05, 0.1) is 17.3 Å². The Morgan fingerprint density at radius 3 is 2.62 bits per heavy atom. The van der Waals surface area contributed by atoms with Gasteiger partial charge in [-0.25, -0.2) is 4.39 Å². The van der Waals surface area contributed by atoms with Crippen molar-refractivity contribution in [2.24, 2.45) is 7.05 Å². The summed E-state index contributed by atoms with van der Waals surface area (Å²) in [5.41, 5.74) is 4.39. The molecule has 1 aliphatic rings. The summed E-state index contributed by atoms with van der Waals surface area (Å²) < 4.78 is 21.1. The van der Waals surface area contributed by atoms with E-state index in [2.05, 4.69) is 40.8 Å². The van der Waals surface area contributed by atoms with Crippen molar-refractivity contribution in [1.29, 1.82) is 0 Å². The largest absolute Gasteiger partial charge is 0.377 e. The predicted octanol–water partition coefficient (Wildman–Crippen LogP) is 3.77. The van der Waals surface area contributed by atoms with Gasteiger partial charge in [0.1, 0.15) is 11.3 Å². The third-order valence-corrected chi connectivity index (χ3v) is 6.95. The molecule has 2 unspecified atom stereocenters. The molecule has 2 aromatic heterocycles.